The standard InChI is InChI=1S/C15H15N3O5/c16-15(19)14-12(9-13(23-14)18(20)21)10-1-3-11(4-2-10)17-5-7-22-8-6-17/h1-4,9H,5-8H2,(H2,16,19). The number of hydrogen-bond donors (Lipinski definition) is 1. The Balaban J connectivity index is 1.92. The first kappa shape index (κ1) is 15.0. The van der Waals surface area contributed by atoms with Gasteiger partial charge < -0.3 is 19.8 Å². The van der Waals surface area contributed by atoms with E-state index in [4.69, 9.17) is 14.9 Å². The highest BCUT2D eigenvalue weighted by Crippen LogP contribution is 2.32. The number of furan rings is 1. The minimum atomic E-state index is -0.842. The van der Waals surface area contributed by atoms with E-state index in [0.717, 1.165) is 18.8 Å². The summed E-state index contributed by atoms with van der Waals surface area (Å²) >= 11 is 0. The maximum Gasteiger partial charge on any atom is 0.434 e. The maximum absolute atomic E-state index is 11.4. The summed E-state index contributed by atoms with van der Waals surface area (Å²) in [6.07, 6.45) is 0. The third kappa shape index (κ3) is 3.02. The molecule has 1 aromatic heterocycles. The summed E-state index contributed by atoms with van der Waals surface area (Å²) < 4.78 is 10.3. The maximum atomic E-state index is 11.4. The second-order valence-corrected chi connectivity index (χ2v) is 5.10. The van der Waals surface area contributed by atoms with Crippen LogP contribution in [0.5, 0.6) is 0 Å². The largest absolute Gasteiger partial charge is 0.434 e. The fourth-order valence-corrected chi connectivity index (χ4v) is 2.54. The predicted octanol–water partition coefficient (Wildman–Crippen LogP) is 1.79. The molecule has 8 nitrogen and oxygen atoms in total. The van der Waals surface area contributed by atoms with Gasteiger partial charge in [0.2, 0.25) is 5.76 Å². The second-order valence-electron chi connectivity index (χ2n) is 5.10. The molecule has 120 valence electrons. The van der Waals surface area contributed by atoms with Crippen LogP contribution in [-0.4, -0.2) is 37.1 Å². The smallest absolute Gasteiger partial charge is 0.395 e. The number of nitro groups is 1. The number of anilines is 1. The molecule has 1 saturated heterocycles. The molecule has 1 aliphatic rings. The molecule has 0 atom stereocenters. The predicted molar refractivity (Wildman–Crippen MR) is 82.3 cm³/mol. The summed E-state index contributed by atoms with van der Waals surface area (Å²) in [6.45, 7) is 2.98. The SMILES string of the molecule is NC(=O)c1oc([N+](=O)[O-])cc1-c1ccc(N2CCOCC2)cc1. The average molecular weight is 317 g/mol. The van der Waals surface area contributed by atoms with Gasteiger partial charge in [-0.05, 0) is 17.7 Å². The molecule has 23 heavy (non-hydrogen) atoms. The van der Waals surface area contributed by atoms with Crippen LogP contribution in [0, 0.1) is 10.1 Å². The summed E-state index contributed by atoms with van der Waals surface area (Å²) in [4.78, 5) is 23.7. The molecule has 0 radical (unpaired) electrons. The molecule has 0 unspecified atom stereocenters. The number of nitrogens with zero attached hydrogens (tertiary/aromatic N) is 2. The Labute approximate surface area is 131 Å². The molecule has 2 aromatic rings. The molecule has 1 aromatic carbocycles. The van der Waals surface area contributed by atoms with Crippen LogP contribution in [0.15, 0.2) is 34.7 Å². The average Bonchev–Trinajstić information content (AvgIpc) is 3.02. The topological polar surface area (TPSA) is 112 Å². The van der Waals surface area contributed by atoms with Crippen molar-refractivity contribution in [2.24, 2.45) is 5.73 Å². The Kier molecular flexibility index (Phi) is 3.98. The quantitative estimate of drug-likeness (QED) is 0.679. The van der Waals surface area contributed by atoms with E-state index < -0.39 is 16.7 Å². The lowest BCUT2D eigenvalue weighted by Crippen LogP contribution is -2.36. The number of carbonyl (C=O) groups excluding carboxylic acids is 1. The summed E-state index contributed by atoms with van der Waals surface area (Å²) in [5.41, 5.74) is 7.21. The number of primary amides is 1. The van der Waals surface area contributed by atoms with Crippen molar-refractivity contribution < 1.29 is 18.9 Å². The van der Waals surface area contributed by atoms with Crippen molar-refractivity contribution in [1.29, 1.82) is 0 Å². The molecule has 1 fully saturated rings. The highest BCUT2D eigenvalue weighted by Gasteiger charge is 2.23. The summed E-state index contributed by atoms with van der Waals surface area (Å²) in [5.74, 6) is -1.56. The van der Waals surface area contributed by atoms with E-state index in [1.807, 2.05) is 12.1 Å². The van der Waals surface area contributed by atoms with Crippen LogP contribution in [0.4, 0.5) is 11.6 Å². The molecular weight excluding hydrogens is 302 g/mol. The molecule has 0 saturated carbocycles. The molecule has 1 amide bonds. The van der Waals surface area contributed by atoms with E-state index >= 15 is 0 Å². The van der Waals surface area contributed by atoms with Crippen LogP contribution >= 0.6 is 0 Å². The molecule has 0 bridgehead atoms. The van der Waals surface area contributed by atoms with Gasteiger partial charge in [0.1, 0.15) is 4.92 Å². The lowest BCUT2D eigenvalue weighted by Gasteiger charge is -2.28. The van der Waals surface area contributed by atoms with E-state index in [0.29, 0.717) is 24.3 Å². The molecular formula is C15H15N3O5. The van der Waals surface area contributed by atoms with Gasteiger partial charge in [-0.3, -0.25) is 14.9 Å². The second kappa shape index (κ2) is 6.09. The summed E-state index contributed by atoms with van der Waals surface area (Å²) in [7, 11) is 0. The van der Waals surface area contributed by atoms with Crippen LogP contribution in [0.2, 0.25) is 0 Å². The summed E-state index contributed by atoms with van der Waals surface area (Å²) in [6, 6.07) is 8.57. The minimum Gasteiger partial charge on any atom is -0.395 e. The van der Waals surface area contributed by atoms with Crippen LogP contribution in [0.25, 0.3) is 11.1 Å². The van der Waals surface area contributed by atoms with Crippen molar-refractivity contribution in [3.8, 4) is 11.1 Å². The lowest BCUT2D eigenvalue weighted by molar-refractivity contribution is -0.402. The first-order chi connectivity index (χ1) is 11.1. The number of morpholine rings is 1. The van der Waals surface area contributed by atoms with Crippen LogP contribution in [-0.2, 0) is 4.74 Å². The normalized spacial score (nSPS) is 14.7. The number of benzene rings is 1. The Hall–Kier alpha value is -2.87. The van der Waals surface area contributed by atoms with Gasteiger partial charge in [0.25, 0.3) is 5.91 Å². The van der Waals surface area contributed by atoms with E-state index in [-0.39, 0.29) is 5.76 Å². The van der Waals surface area contributed by atoms with Crippen molar-refractivity contribution in [3.05, 3.63) is 46.2 Å². The fraction of sp³-hybridized carbons (Fsp3) is 0.267. The number of ether oxygens (including phenoxy) is 1. The molecule has 0 spiro atoms. The van der Waals surface area contributed by atoms with E-state index in [2.05, 4.69) is 4.90 Å². The van der Waals surface area contributed by atoms with Crippen molar-refractivity contribution in [3.63, 3.8) is 0 Å². The highest BCUT2D eigenvalue weighted by molar-refractivity contribution is 5.97. The Bertz CT molecular complexity index is 732. The Morgan fingerprint density at radius 2 is 1.87 bits per heavy atom. The zero-order valence-electron chi connectivity index (χ0n) is 12.2. The van der Waals surface area contributed by atoms with Gasteiger partial charge in [-0.25, -0.2) is 0 Å². The Morgan fingerprint density at radius 3 is 2.43 bits per heavy atom. The number of amides is 1. The van der Waals surface area contributed by atoms with Gasteiger partial charge in [0.05, 0.1) is 19.3 Å². The first-order valence-electron chi connectivity index (χ1n) is 7.07. The van der Waals surface area contributed by atoms with Gasteiger partial charge in [0, 0.05) is 24.3 Å². The lowest BCUT2D eigenvalue weighted by atomic mass is 10.1. The van der Waals surface area contributed by atoms with Crippen LogP contribution in [0.1, 0.15) is 10.6 Å². The fourth-order valence-electron chi connectivity index (χ4n) is 2.54. The Morgan fingerprint density at radius 1 is 1.22 bits per heavy atom. The van der Waals surface area contributed by atoms with E-state index in [1.165, 1.54) is 6.07 Å². The van der Waals surface area contributed by atoms with Gasteiger partial charge in [-0.1, -0.05) is 12.1 Å². The van der Waals surface area contributed by atoms with Gasteiger partial charge in [0.15, 0.2) is 0 Å². The third-order valence-electron chi connectivity index (χ3n) is 3.68. The van der Waals surface area contributed by atoms with Crippen LogP contribution in [0.3, 0.4) is 0 Å². The van der Waals surface area contributed by atoms with Crippen molar-refractivity contribution in [1.82, 2.24) is 0 Å². The molecule has 3 rings (SSSR count). The van der Waals surface area contributed by atoms with E-state index in [1.54, 1.807) is 12.1 Å². The molecule has 2 N–H and O–H groups in total. The monoisotopic (exact) mass is 317 g/mol. The van der Waals surface area contributed by atoms with Gasteiger partial charge in [-0.15, -0.1) is 0 Å². The van der Waals surface area contributed by atoms with Gasteiger partial charge >= 0.3 is 5.88 Å². The van der Waals surface area contributed by atoms with Gasteiger partial charge in [-0.2, -0.15) is 0 Å². The zero-order chi connectivity index (χ0) is 16.4. The molecule has 1 aliphatic heterocycles. The van der Waals surface area contributed by atoms with Crippen molar-refractivity contribution >= 4 is 17.5 Å². The van der Waals surface area contributed by atoms with Crippen molar-refractivity contribution in [2.75, 3.05) is 31.2 Å². The minimum absolute atomic E-state index is 0.212. The van der Waals surface area contributed by atoms with E-state index in [9.17, 15) is 14.9 Å². The van der Waals surface area contributed by atoms with Crippen molar-refractivity contribution in [2.45, 2.75) is 0 Å². The third-order valence-corrected chi connectivity index (χ3v) is 3.68. The number of rotatable bonds is 4. The molecule has 2 heterocycles. The zero-order valence-corrected chi connectivity index (χ0v) is 12.2. The first-order valence-corrected chi connectivity index (χ1v) is 7.07. The molecule has 0 aliphatic carbocycles. The molecule has 8 heteroatoms. The van der Waals surface area contributed by atoms with Crippen LogP contribution < -0.4 is 10.6 Å². The summed E-state index contributed by atoms with van der Waals surface area (Å²) in [5, 5.41) is 10.8. The number of hydrogen-bond acceptors (Lipinski definition) is 6. The number of nitrogens with two attached hydrogens (primary N) is 1. The number of carbonyl (C=O) groups is 1. The highest BCUT2D eigenvalue weighted by atomic mass is 16.6.